The maximum absolute atomic E-state index is 12.9. The Morgan fingerprint density at radius 1 is 0.875 bits per heavy atom. The van der Waals surface area contributed by atoms with Gasteiger partial charge in [-0.2, -0.15) is 0 Å². The molecule has 2 aromatic carbocycles. The number of carbonyl (C=O) groups is 1. The number of rotatable bonds is 7. The number of para-hydroxylation sites is 2. The van der Waals surface area contributed by atoms with Crippen molar-refractivity contribution in [3.05, 3.63) is 59.7 Å². The van der Waals surface area contributed by atoms with E-state index >= 15 is 0 Å². The van der Waals surface area contributed by atoms with Crippen molar-refractivity contribution < 1.29 is 4.79 Å². The number of benzene rings is 2. The van der Waals surface area contributed by atoms with Crippen molar-refractivity contribution in [2.75, 3.05) is 52.4 Å². The standard InChI is InChI=1S/C25H31N5OS/c31-24(30-17-15-29(16-18-30)14-13-28-11-3-4-12-28)21-9-7-20(8-10-21)19-32-25-26-22-5-1-2-6-23(22)27-25/h1-2,5-10H,3-4,11-19H2,(H,26,27). The van der Waals surface area contributed by atoms with Crippen LogP contribution in [0.2, 0.25) is 0 Å². The average molecular weight is 450 g/mol. The largest absolute Gasteiger partial charge is 0.336 e. The summed E-state index contributed by atoms with van der Waals surface area (Å²) in [6.07, 6.45) is 2.69. The number of H-pyrrole nitrogens is 1. The third-order valence-corrected chi connectivity index (χ3v) is 7.48. The van der Waals surface area contributed by atoms with Crippen LogP contribution in [0.5, 0.6) is 0 Å². The van der Waals surface area contributed by atoms with Gasteiger partial charge in [-0.3, -0.25) is 9.69 Å². The van der Waals surface area contributed by atoms with Crippen molar-refractivity contribution in [3.8, 4) is 0 Å². The number of amides is 1. The molecule has 32 heavy (non-hydrogen) atoms. The Morgan fingerprint density at radius 2 is 1.56 bits per heavy atom. The minimum absolute atomic E-state index is 0.153. The third-order valence-electron chi connectivity index (χ3n) is 6.53. The fraction of sp³-hybridized carbons (Fsp3) is 0.440. The van der Waals surface area contributed by atoms with Crippen LogP contribution in [0.4, 0.5) is 0 Å². The van der Waals surface area contributed by atoms with Gasteiger partial charge in [0, 0.05) is 50.6 Å². The van der Waals surface area contributed by atoms with Gasteiger partial charge >= 0.3 is 0 Å². The Morgan fingerprint density at radius 3 is 2.28 bits per heavy atom. The number of aromatic amines is 1. The molecule has 2 aliphatic rings. The number of nitrogens with one attached hydrogen (secondary N) is 1. The summed E-state index contributed by atoms with van der Waals surface area (Å²) in [6.45, 7) is 8.40. The van der Waals surface area contributed by atoms with E-state index < -0.39 is 0 Å². The zero-order chi connectivity index (χ0) is 21.8. The highest BCUT2D eigenvalue weighted by Gasteiger charge is 2.22. The molecule has 0 radical (unpaired) electrons. The smallest absolute Gasteiger partial charge is 0.253 e. The molecule has 0 atom stereocenters. The van der Waals surface area contributed by atoms with Gasteiger partial charge in [0.25, 0.3) is 5.91 Å². The van der Waals surface area contributed by atoms with E-state index in [0.717, 1.165) is 60.2 Å². The lowest BCUT2D eigenvalue weighted by Crippen LogP contribution is -2.50. The second-order valence-corrected chi connectivity index (χ2v) is 9.69. The van der Waals surface area contributed by atoms with E-state index in [1.807, 2.05) is 41.3 Å². The molecule has 5 rings (SSSR count). The van der Waals surface area contributed by atoms with Gasteiger partial charge in [0.15, 0.2) is 5.16 Å². The Hall–Kier alpha value is -2.35. The van der Waals surface area contributed by atoms with Gasteiger partial charge in [0.05, 0.1) is 11.0 Å². The molecule has 1 amide bonds. The molecule has 0 saturated carbocycles. The Labute approximate surface area is 194 Å². The Bertz CT molecular complexity index is 1000. The average Bonchev–Trinajstić information content (AvgIpc) is 3.51. The minimum Gasteiger partial charge on any atom is -0.336 e. The van der Waals surface area contributed by atoms with Crippen molar-refractivity contribution in [3.63, 3.8) is 0 Å². The number of likely N-dealkylation sites (tertiary alicyclic amines) is 1. The van der Waals surface area contributed by atoms with E-state index in [0.29, 0.717) is 0 Å². The van der Waals surface area contributed by atoms with Gasteiger partial charge in [0.2, 0.25) is 0 Å². The highest BCUT2D eigenvalue weighted by molar-refractivity contribution is 7.98. The van der Waals surface area contributed by atoms with Gasteiger partial charge < -0.3 is 14.8 Å². The molecule has 3 aromatic rings. The van der Waals surface area contributed by atoms with Crippen LogP contribution in [0.3, 0.4) is 0 Å². The zero-order valence-corrected chi connectivity index (χ0v) is 19.3. The summed E-state index contributed by atoms with van der Waals surface area (Å²) in [6, 6.07) is 16.1. The van der Waals surface area contributed by atoms with Crippen molar-refractivity contribution in [2.24, 2.45) is 0 Å². The summed E-state index contributed by atoms with van der Waals surface area (Å²) in [5.41, 5.74) is 4.03. The molecule has 2 fully saturated rings. The SMILES string of the molecule is O=C(c1ccc(CSc2nc3ccccc3[nH]2)cc1)N1CCN(CCN2CCCC2)CC1. The molecule has 0 aliphatic carbocycles. The first-order valence-corrected chi connectivity index (χ1v) is 12.6. The molecule has 2 aliphatic heterocycles. The molecule has 0 spiro atoms. The molecule has 168 valence electrons. The normalized spacial score (nSPS) is 17.9. The molecular weight excluding hydrogens is 418 g/mol. The fourth-order valence-electron chi connectivity index (χ4n) is 4.54. The van der Waals surface area contributed by atoms with E-state index in [4.69, 9.17) is 0 Å². The highest BCUT2D eigenvalue weighted by Crippen LogP contribution is 2.23. The molecular formula is C25H31N5OS. The second-order valence-electron chi connectivity index (χ2n) is 8.73. The van der Waals surface area contributed by atoms with Crippen LogP contribution in [0.25, 0.3) is 11.0 Å². The lowest BCUT2D eigenvalue weighted by Gasteiger charge is -2.35. The van der Waals surface area contributed by atoms with Crippen LogP contribution in [0.1, 0.15) is 28.8 Å². The van der Waals surface area contributed by atoms with E-state index in [9.17, 15) is 4.79 Å². The number of piperazine rings is 1. The van der Waals surface area contributed by atoms with E-state index in [1.54, 1.807) is 11.8 Å². The molecule has 0 unspecified atom stereocenters. The molecule has 3 heterocycles. The Balaban J connectivity index is 1.09. The van der Waals surface area contributed by atoms with Gasteiger partial charge in [-0.05, 0) is 55.8 Å². The number of hydrogen-bond acceptors (Lipinski definition) is 5. The number of carbonyl (C=O) groups excluding carboxylic acids is 1. The summed E-state index contributed by atoms with van der Waals surface area (Å²) >= 11 is 1.68. The fourth-order valence-corrected chi connectivity index (χ4v) is 5.38. The molecule has 0 bridgehead atoms. The molecule has 2 saturated heterocycles. The van der Waals surface area contributed by atoms with Gasteiger partial charge in [-0.1, -0.05) is 36.0 Å². The van der Waals surface area contributed by atoms with Crippen LogP contribution in [-0.2, 0) is 5.75 Å². The van der Waals surface area contributed by atoms with Crippen LogP contribution in [-0.4, -0.2) is 82.9 Å². The number of thioether (sulfide) groups is 1. The quantitative estimate of drug-likeness (QED) is 0.558. The van der Waals surface area contributed by atoms with Crippen molar-refractivity contribution in [1.82, 2.24) is 24.7 Å². The summed E-state index contributed by atoms with van der Waals surface area (Å²) in [7, 11) is 0. The van der Waals surface area contributed by atoms with Crippen molar-refractivity contribution in [1.29, 1.82) is 0 Å². The first-order valence-electron chi connectivity index (χ1n) is 11.6. The third kappa shape index (κ3) is 5.17. The molecule has 1 aromatic heterocycles. The van der Waals surface area contributed by atoms with Gasteiger partial charge in [-0.25, -0.2) is 4.98 Å². The lowest BCUT2D eigenvalue weighted by molar-refractivity contribution is 0.0626. The topological polar surface area (TPSA) is 55.5 Å². The predicted molar refractivity (Wildman–Crippen MR) is 130 cm³/mol. The first-order chi connectivity index (χ1) is 15.7. The molecule has 7 heteroatoms. The molecule has 1 N–H and O–H groups in total. The summed E-state index contributed by atoms with van der Waals surface area (Å²) < 4.78 is 0. The van der Waals surface area contributed by atoms with Gasteiger partial charge in [0.1, 0.15) is 0 Å². The lowest BCUT2D eigenvalue weighted by atomic mass is 10.1. The number of aromatic nitrogens is 2. The van der Waals surface area contributed by atoms with Gasteiger partial charge in [-0.15, -0.1) is 0 Å². The van der Waals surface area contributed by atoms with E-state index in [1.165, 1.54) is 38.0 Å². The minimum atomic E-state index is 0.153. The second kappa shape index (κ2) is 10.1. The number of imidazole rings is 1. The van der Waals surface area contributed by atoms with E-state index in [-0.39, 0.29) is 5.91 Å². The first kappa shape index (κ1) is 21.5. The van der Waals surface area contributed by atoms with Crippen molar-refractivity contribution in [2.45, 2.75) is 23.8 Å². The van der Waals surface area contributed by atoms with Crippen molar-refractivity contribution >= 4 is 28.7 Å². The number of nitrogens with zero attached hydrogens (tertiary/aromatic N) is 4. The highest BCUT2D eigenvalue weighted by atomic mass is 32.2. The Kier molecular flexibility index (Phi) is 6.76. The molecule has 6 nitrogen and oxygen atoms in total. The summed E-state index contributed by atoms with van der Waals surface area (Å²) in [4.78, 5) is 28.0. The van der Waals surface area contributed by atoms with Crippen LogP contribution >= 0.6 is 11.8 Å². The van der Waals surface area contributed by atoms with Crippen LogP contribution in [0, 0.1) is 0 Å². The van der Waals surface area contributed by atoms with E-state index in [2.05, 4.69) is 31.9 Å². The number of hydrogen-bond donors (Lipinski definition) is 1. The summed E-state index contributed by atoms with van der Waals surface area (Å²) in [5.74, 6) is 0.977. The van der Waals surface area contributed by atoms with Crippen LogP contribution < -0.4 is 0 Å². The van der Waals surface area contributed by atoms with Crippen LogP contribution in [0.15, 0.2) is 53.7 Å². The monoisotopic (exact) mass is 449 g/mol. The maximum atomic E-state index is 12.9. The summed E-state index contributed by atoms with van der Waals surface area (Å²) in [5, 5.41) is 0.925. The predicted octanol–water partition coefficient (Wildman–Crippen LogP) is 3.71. The zero-order valence-electron chi connectivity index (χ0n) is 18.5. The number of fused-ring (bicyclic) bond motifs is 1. The maximum Gasteiger partial charge on any atom is 0.253 e.